The monoisotopic (exact) mass is 980 g/mol. The number of esters is 4. The lowest BCUT2D eigenvalue weighted by Crippen LogP contribution is -2.63. The molecule has 67 heavy (non-hydrogen) atoms. The van der Waals surface area contributed by atoms with Gasteiger partial charge in [-0.05, 0) is 109 Å². The van der Waals surface area contributed by atoms with E-state index < -0.39 is 83.4 Å². The highest BCUT2D eigenvalue weighted by atomic mass is 31.2. The van der Waals surface area contributed by atoms with Crippen molar-refractivity contribution in [3.63, 3.8) is 0 Å². The van der Waals surface area contributed by atoms with E-state index in [9.17, 15) is 29.0 Å². The van der Waals surface area contributed by atoms with Crippen LogP contribution in [0.2, 0.25) is 18.1 Å². The predicted octanol–water partition coefficient (Wildman–Crippen LogP) is 10.6. The fraction of sp³-hybridized carbons (Fsp3) is 0.860. The summed E-state index contributed by atoms with van der Waals surface area (Å²) in [7, 11) is -6.58. The first-order valence-corrected chi connectivity index (χ1v) is 29.2. The third-order valence-electron chi connectivity index (χ3n) is 16.5. The van der Waals surface area contributed by atoms with Gasteiger partial charge >= 0.3 is 31.7 Å². The Bertz CT molecular complexity index is 1840. The van der Waals surface area contributed by atoms with E-state index >= 15 is 0 Å². The number of nitriles is 1. The molecule has 380 valence electrons. The van der Waals surface area contributed by atoms with E-state index in [1.807, 2.05) is 6.07 Å². The molecule has 1 heterocycles. The lowest BCUT2D eigenvalue weighted by molar-refractivity contribution is -0.299. The standard InChI is InChI=1S/C50H82NO14PSi/c1-13-67(14-2,15-3)65-42-29-37-28-38(22-24-49(37,11)41-23-25-50(12)39(20-21-40(50)44(41)42)32(6)19-16-18-31(4)5)64-66(56,57-27-17-26-51)58-30-43-45(59-33(7)52)46(60-34(8)53)47(61-35(9)54)48(63-43)62-36(10)55/h29,31-32,38-48H,13-25,27-28,30H2,1-12H3/t32-,38+,39-,40+,41+,42+,43-,44+,45-,46+,47+,48?,49+,50-,66?/m1/s1. The van der Waals surface area contributed by atoms with Crippen LogP contribution in [0, 0.1) is 57.7 Å². The van der Waals surface area contributed by atoms with Crippen LogP contribution in [0.25, 0.3) is 0 Å². The molecule has 0 aromatic rings. The van der Waals surface area contributed by atoms with Crippen LogP contribution in [0.4, 0.5) is 0 Å². The van der Waals surface area contributed by atoms with E-state index in [4.69, 9.17) is 41.7 Å². The van der Waals surface area contributed by atoms with Crippen molar-refractivity contribution in [1.29, 1.82) is 5.26 Å². The quantitative estimate of drug-likeness (QED) is 0.0248. The van der Waals surface area contributed by atoms with Crippen molar-refractivity contribution in [2.24, 2.45) is 46.3 Å². The summed E-state index contributed by atoms with van der Waals surface area (Å²) >= 11 is 0. The molecule has 1 aliphatic heterocycles. The number of carbonyl (C=O) groups excluding carboxylic acids is 4. The number of phosphoric acid groups is 1. The van der Waals surface area contributed by atoms with Crippen LogP contribution in [0.15, 0.2) is 11.6 Å². The average molecular weight is 980 g/mol. The summed E-state index contributed by atoms with van der Waals surface area (Å²) in [5.41, 5.74) is 1.40. The number of ether oxygens (including phenoxy) is 5. The Labute approximate surface area is 401 Å². The third-order valence-corrected chi connectivity index (χ3v) is 22.7. The van der Waals surface area contributed by atoms with Crippen LogP contribution in [-0.4, -0.2) is 88.3 Å². The third kappa shape index (κ3) is 13.0. The van der Waals surface area contributed by atoms with Gasteiger partial charge in [-0.3, -0.25) is 32.7 Å². The van der Waals surface area contributed by atoms with Crippen molar-refractivity contribution < 1.29 is 65.4 Å². The molecule has 0 aromatic heterocycles. The Balaban J connectivity index is 1.44. The van der Waals surface area contributed by atoms with Gasteiger partial charge in [-0.1, -0.05) is 86.3 Å². The molecule has 0 N–H and O–H groups in total. The molecule has 0 aromatic carbocycles. The van der Waals surface area contributed by atoms with Crippen LogP contribution < -0.4 is 0 Å². The molecule has 0 spiro atoms. The minimum atomic E-state index is -4.52. The van der Waals surface area contributed by atoms with E-state index in [1.165, 1.54) is 44.1 Å². The molecule has 0 amide bonds. The summed E-state index contributed by atoms with van der Waals surface area (Å²) in [6.07, 6.45) is 4.70. The minimum Gasteiger partial charge on any atom is -0.456 e. The molecule has 5 aliphatic rings. The van der Waals surface area contributed by atoms with E-state index in [1.54, 1.807) is 0 Å². The SMILES string of the molecule is CC[Si](CC)(CC)O[C@H]1C=C2C[C@@H](OP(=O)(OCCC#N)OC[C@H]3OC(OC(C)=O)[C@@H](OC(C)=O)[C@@H](OC(C)=O)[C@@H]3OC(C)=O)CC[C@]2(C)[C@H]2CC[C@]3(C)[C@@H]([C@H](C)CCCC(C)C)CC[C@H]3[C@H]12. The summed E-state index contributed by atoms with van der Waals surface area (Å²) in [5, 5.41) is 9.40. The number of nitrogens with zero attached hydrogens (tertiary/aromatic N) is 1. The smallest absolute Gasteiger partial charge is 0.456 e. The molecular weight excluding hydrogens is 898 g/mol. The molecule has 4 aliphatic carbocycles. The van der Waals surface area contributed by atoms with Crippen LogP contribution >= 0.6 is 7.82 Å². The average Bonchev–Trinajstić information content (AvgIpc) is 3.61. The Morgan fingerprint density at radius 2 is 1.45 bits per heavy atom. The molecule has 5 rings (SSSR count). The van der Waals surface area contributed by atoms with Crippen molar-refractivity contribution in [2.45, 2.75) is 215 Å². The van der Waals surface area contributed by atoms with Gasteiger partial charge in [0.15, 0.2) is 20.5 Å². The fourth-order valence-electron chi connectivity index (χ4n) is 13.0. The van der Waals surface area contributed by atoms with Gasteiger partial charge in [-0.25, -0.2) is 4.57 Å². The molecule has 0 bridgehead atoms. The van der Waals surface area contributed by atoms with Crippen molar-refractivity contribution in [2.75, 3.05) is 13.2 Å². The first-order chi connectivity index (χ1) is 31.6. The van der Waals surface area contributed by atoms with Crippen molar-refractivity contribution in [1.82, 2.24) is 0 Å². The highest BCUT2D eigenvalue weighted by Gasteiger charge is 2.62. The van der Waals surface area contributed by atoms with Gasteiger partial charge in [0.2, 0.25) is 12.4 Å². The molecule has 0 radical (unpaired) electrons. The second-order valence-electron chi connectivity index (χ2n) is 21.1. The zero-order chi connectivity index (χ0) is 49.5. The van der Waals surface area contributed by atoms with Crippen LogP contribution in [0.1, 0.15) is 154 Å². The Morgan fingerprint density at radius 3 is 2.04 bits per heavy atom. The molecule has 17 heteroatoms. The zero-order valence-electron chi connectivity index (χ0n) is 42.5. The maximum atomic E-state index is 14.8. The van der Waals surface area contributed by atoms with E-state index in [0.29, 0.717) is 42.4 Å². The summed E-state index contributed by atoms with van der Waals surface area (Å²) in [6.45, 7) is 22.6. The van der Waals surface area contributed by atoms with Gasteiger partial charge in [0, 0.05) is 27.7 Å². The normalized spacial score (nSPS) is 35.1. The lowest BCUT2D eigenvalue weighted by Gasteiger charge is -2.61. The molecule has 4 fully saturated rings. The summed E-state index contributed by atoms with van der Waals surface area (Å²) < 4.78 is 68.5. The van der Waals surface area contributed by atoms with Crippen molar-refractivity contribution >= 4 is 40.0 Å². The van der Waals surface area contributed by atoms with Crippen LogP contribution in [0.3, 0.4) is 0 Å². The zero-order valence-corrected chi connectivity index (χ0v) is 44.4. The second kappa shape index (κ2) is 23.5. The largest absolute Gasteiger partial charge is 0.475 e. The van der Waals surface area contributed by atoms with Gasteiger partial charge in [-0.2, -0.15) is 5.26 Å². The van der Waals surface area contributed by atoms with Gasteiger partial charge in [0.25, 0.3) is 0 Å². The predicted molar refractivity (Wildman–Crippen MR) is 252 cm³/mol. The maximum Gasteiger partial charge on any atom is 0.475 e. The molecule has 15 atom stereocenters. The van der Waals surface area contributed by atoms with Crippen LogP contribution in [-0.2, 0) is 65.4 Å². The Kier molecular flexibility index (Phi) is 19.4. The van der Waals surface area contributed by atoms with Gasteiger partial charge < -0.3 is 28.1 Å². The maximum absolute atomic E-state index is 14.8. The number of rotatable bonds is 22. The number of hydrogen-bond donors (Lipinski definition) is 0. The number of hydrogen-bond acceptors (Lipinski definition) is 15. The Hall–Kier alpha value is -2.64. The number of carbonyl (C=O) groups is 4. The first-order valence-electron chi connectivity index (χ1n) is 25.3. The van der Waals surface area contributed by atoms with E-state index in [-0.39, 0.29) is 30.0 Å². The summed E-state index contributed by atoms with van der Waals surface area (Å²) in [5.74, 6) is 0.259. The number of phosphoric ester groups is 1. The molecule has 3 saturated carbocycles. The van der Waals surface area contributed by atoms with Crippen molar-refractivity contribution in [3.8, 4) is 6.07 Å². The van der Waals surface area contributed by atoms with Gasteiger partial charge in [0.1, 0.15) is 6.10 Å². The van der Waals surface area contributed by atoms with Crippen molar-refractivity contribution in [3.05, 3.63) is 11.6 Å². The lowest BCUT2D eigenvalue weighted by atomic mass is 9.46. The van der Waals surface area contributed by atoms with Gasteiger partial charge in [0.05, 0.1) is 37.9 Å². The van der Waals surface area contributed by atoms with E-state index in [2.05, 4.69) is 61.5 Å². The minimum absolute atomic E-state index is 0.0271. The fourth-order valence-corrected chi connectivity index (χ4v) is 17.2. The molecular formula is C50H82NO14PSi. The second-order valence-corrected chi connectivity index (χ2v) is 27.4. The van der Waals surface area contributed by atoms with Gasteiger partial charge in [-0.15, -0.1) is 0 Å². The molecule has 2 unspecified atom stereocenters. The first kappa shape index (κ1) is 55.3. The highest BCUT2D eigenvalue weighted by molar-refractivity contribution is 7.48. The summed E-state index contributed by atoms with van der Waals surface area (Å²) in [6, 6.07) is 5.15. The topological polar surface area (TPSA) is 192 Å². The summed E-state index contributed by atoms with van der Waals surface area (Å²) in [4.78, 5) is 49.3. The van der Waals surface area contributed by atoms with Crippen LogP contribution in [0.5, 0.6) is 0 Å². The highest BCUT2D eigenvalue weighted by Crippen LogP contribution is 2.68. The number of fused-ring (bicyclic) bond motifs is 5. The molecule has 15 nitrogen and oxygen atoms in total. The Morgan fingerprint density at radius 1 is 0.821 bits per heavy atom. The van der Waals surface area contributed by atoms with E-state index in [0.717, 1.165) is 64.6 Å². The molecule has 1 saturated heterocycles.